The van der Waals surface area contributed by atoms with E-state index >= 15 is 0 Å². The summed E-state index contributed by atoms with van der Waals surface area (Å²) in [5.74, 6) is 2.99. The van der Waals surface area contributed by atoms with E-state index in [1.54, 1.807) is 0 Å². The van der Waals surface area contributed by atoms with Crippen LogP contribution in [0.1, 0.15) is 46.4 Å². The van der Waals surface area contributed by atoms with Gasteiger partial charge in [-0.3, -0.25) is 0 Å². The van der Waals surface area contributed by atoms with Gasteiger partial charge in [0.25, 0.3) is 0 Å². The highest BCUT2D eigenvalue weighted by atomic mass is 15.0. The van der Waals surface area contributed by atoms with Gasteiger partial charge in [0.2, 0.25) is 0 Å². The predicted molar refractivity (Wildman–Crippen MR) is 146 cm³/mol. The second-order valence-electron chi connectivity index (χ2n) is 9.86. The summed E-state index contributed by atoms with van der Waals surface area (Å²) in [5, 5.41) is 10.8. The van der Waals surface area contributed by atoms with Gasteiger partial charge in [0.1, 0.15) is 0 Å². The molecule has 2 aliphatic rings. The fourth-order valence-corrected chi connectivity index (χ4v) is 6.29. The molecule has 0 aliphatic heterocycles. The molecule has 0 atom stereocenters. The van der Waals surface area contributed by atoms with E-state index in [4.69, 9.17) is 6.42 Å². The number of nitriles is 1. The van der Waals surface area contributed by atoms with Gasteiger partial charge in [-0.1, -0.05) is 54.5 Å². The minimum absolute atomic E-state index is 0.701. The number of benzene rings is 4. The molecule has 0 amide bonds. The Kier molecular flexibility index (Phi) is 4.63. The summed E-state index contributed by atoms with van der Waals surface area (Å²) in [6.07, 6.45) is 11.6. The molecule has 4 aromatic carbocycles. The summed E-state index contributed by atoms with van der Waals surface area (Å²) in [7, 11) is 0. The topological polar surface area (TPSA) is 28.7 Å². The molecule has 0 fully saturated rings. The van der Waals surface area contributed by atoms with Crippen LogP contribution in [-0.2, 0) is 19.3 Å². The van der Waals surface area contributed by atoms with Gasteiger partial charge in [-0.2, -0.15) is 5.26 Å². The molecule has 0 unspecified atom stereocenters. The van der Waals surface area contributed by atoms with Crippen molar-refractivity contribution < 1.29 is 0 Å². The molecule has 2 heteroatoms. The second kappa shape index (κ2) is 8.01. The Morgan fingerprint density at radius 2 is 1.58 bits per heavy atom. The van der Waals surface area contributed by atoms with Crippen molar-refractivity contribution in [2.24, 2.45) is 0 Å². The highest BCUT2D eigenvalue weighted by Gasteiger charge is 2.25. The Morgan fingerprint density at radius 3 is 2.44 bits per heavy atom. The zero-order chi connectivity index (χ0) is 24.2. The van der Waals surface area contributed by atoms with Crippen molar-refractivity contribution in [2.75, 3.05) is 0 Å². The molecule has 0 saturated carbocycles. The maximum absolute atomic E-state index is 9.46. The first-order valence-corrected chi connectivity index (χ1v) is 12.6. The van der Waals surface area contributed by atoms with Crippen molar-refractivity contribution in [1.29, 1.82) is 5.26 Å². The lowest BCUT2D eigenvalue weighted by Gasteiger charge is -2.20. The van der Waals surface area contributed by atoms with E-state index in [0.717, 1.165) is 41.6 Å². The van der Waals surface area contributed by atoms with Gasteiger partial charge in [-0.25, -0.2) is 0 Å². The lowest BCUT2D eigenvalue weighted by atomic mass is 9.94. The standard InChI is InChI=1S/C34H24N2/c1-2-23-8-7-11-27(26-17-16-25-19-24-15-14-22(21-35)18-30(24)31(25)20-26)34(23)36-32-12-5-3-9-28(32)29-10-4-6-13-33(29)36/h1,3,5,7-9,11-12,14-18,20H,4,6,10,13,19H2. The third-order valence-corrected chi connectivity index (χ3v) is 7.92. The lowest BCUT2D eigenvalue weighted by Crippen LogP contribution is -2.09. The maximum atomic E-state index is 9.46. The van der Waals surface area contributed by atoms with Gasteiger partial charge in [-0.15, -0.1) is 6.42 Å². The van der Waals surface area contributed by atoms with Crippen molar-refractivity contribution in [3.63, 3.8) is 0 Å². The number of para-hydroxylation sites is 2. The first-order valence-electron chi connectivity index (χ1n) is 12.6. The number of aryl methyl sites for hydroxylation is 1. The number of rotatable bonds is 2. The predicted octanol–water partition coefficient (Wildman–Crippen LogP) is 7.60. The molecule has 1 aromatic heterocycles. The molecule has 7 rings (SSSR count). The molecule has 2 nitrogen and oxygen atoms in total. The Bertz CT molecular complexity index is 1790. The molecule has 0 bridgehead atoms. The van der Waals surface area contributed by atoms with Crippen LogP contribution >= 0.6 is 0 Å². The van der Waals surface area contributed by atoms with E-state index in [1.165, 1.54) is 57.3 Å². The Balaban J connectivity index is 1.50. The van der Waals surface area contributed by atoms with E-state index in [-0.39, 0.29) is 0 Å². The van der Waals surface area contributed by atoms with Crippen LogP contribution in [0.3, 0.4) is 0 Å². The van der Waals surface area contributed by atoms with Crippen LogP contribution in [0.25, 0.3) is 38.8 Å². The summed E-state index contributed by atoms with van der Waals surface area (Å²) in [5.41, 5.74) is 14.1. The van der Waals surface area contributed by atoms with Crippen LogP contribution < -0.4 is 0 Å². The average Bonchev–Trinajstić information content (AvgIpc) is 3.47. The third-order valence-electron chi connectivity index (χ3n) is 7.92. The van der Waals surface area contributed by atoms with Gasteiger partial charge < -0.3 is 4.57 Å². The minimum atomic E-state index is 0.701. The monoisotopic (exact) mass is 460 g/mol. The number of terminal acetylenes is 1. The fourth-order valence-electron chi connectivity index (χ4n) is 6.29. The van der Waals surface area contributed by atoms with E-state index in [2.05, 4.69) is 83.3 Å². The van der Waals surface area contributed by atoms with Crippen molar-refractivity contribution in [3.05, 3.63) is 112 Å². The van der Waals surface area contributed by atoms with Crippen LogP contribution in [0.15, 0.2) is 78.9 Å². The normalized spacial score (nSPS) is 13.5. The van der Waals surface area contributed by atoms with Gasteiger partial charge in [-0.05, 0) is 95.8 Å². The first kappa shape index (κ1) is 20.8. The Hall–Kier alpha value is -4.53. The lowest BCUT2D eigenvalue weighted by molar-refractivity contribution is 0.667. The number of hydrogen-bond acceptors (Lipinski definition) is 1. The van der Waals surface area contributed by atoms with Gasteiger partial charge >= 0.3 is 0 Å². The summed E-state index contributed by atoms with van der Waals surface area (Å²) in [6, 6.07) is 30.2. The van der Waals surface area contributed by atoms with Crippen LogP contribution in [0.5, 0.6) is 0 Å². The molecule has 5 aromatic rings. The molecule has 0 saturated heterocycles. The highest BCUT2D eigenvalue weighted by Crippen LogP contribution is 2.43. The van der Waals surface area contributed by atoms with Gasteiger partial charge in [0, 0.05) is 22.2 Å². The first-order chi connectivity index (χ1) is 17.8. The summed E-state index contributed by atoms with van der Waals surface area (Å²) < 4.78 is 2.45. The largest absolute Gasteiger partial charge is 0.311 e. The zero-order valence-corrected chi connectivity index (χ0v) is 20.0. The van der Waals surface area contributed by atoms with Crippen LogP contribution in [-0.4, -0.2) is 4.57 Å². The number of fused-ring (bicyclic) bond motifs is 6. The smallest absolute Gasteiger partial charge is 0.0991 e. The number of aromatic nitrogens is 1. The molecule has 0 spiro atoms. The van der Waals surface area contributed by atoms with Gasteiger partial charge in [0.05, 0.1) is 22.8 Å². The summed E-state index contributed by atoms with van der Waals surface area (Å²) >= 11 is 0. The number of nitrogens with zero attached hydrogens (tertiary/aromatic N) is 2. The summed E-state index contributed by atoms with van der Waals surface area (Å²) in [6.45, 7) is 0. The maximum Gasteiger partial charge on any atom is 0.0991 e. The van der Waals surface area contributed by atoms with E-state index in [1.807, 2.05) is 12.1 Å². The fraction of sp³-hybridized carbons (Fsp3) is 0.147. The summed E-state index contributed by atoms with van der Waals surface area (Å²) in [4.78, 5) is 0. The SMILES string of the molecule is C#Cc1cccc(-c2ccc3c(c2)-c2cc(C#N)ccc2C3)c1-n1c2c(c3ccccc31)CCCC2. The van der Waals surface area contributed by atoms with Crippen LogP contribution in [0, 0.1) is 23.7 Å². The highest BCUT2D eigenvalue weighted by molar-refractivity contribution is 5.91. The second-order valence-corrected chi connectivity index (χ2v) is 9.86. The van der Waals surface area contributed by atoms with E-state index in [0.29, 0.717) is 5.56 Å². The molecule has 2 aliphatic carbocycles. The molecule has 0 radical (unpaired) electrons. The van der Waals surface area contributed by atoms with Crippen LogP contribution in [0.2, 0.25) is 0 Å². The van der Waals surface area contributed by atoms with Crippen molar-refractivity contribution in [3.8, 4) is 46.4 Å². The molecule has 0 N–H and O–H groups in total. The van der Waals surface area contributed by atoms with Crippen molar-refractivity contribution >= 4 is 10.9 Å². The van der Waals surface area contributed by atoms with E-state index in [9.17, 15) is 5.26 Å². The molecular weight excluding hydrogens is 436 g/mol. The molecular formula is C34H24N2. The minimum Gasteiger partial charge on any atom is -0.311 e. The Morgan fingerprint density at radius 1 is 0.778 bits per heavy atom. The average molecular weight is 461 g/mol. The third kappa shape index (κ3) is 2.98. The molecule has 1 heterocycles. The number of hydrogen-bond donors (Lipinski definition) is 0. The Labute approximate surface area is 211 Å². The van der Waals surface area contributed by atoms with Crippen molar-refractivity contribution in [1.82, 2.24) is 4.57 Å². The van der Waals surface area contributed by atoms with Crippen molar-refractivity contribution in [2.45, 2.75) is 32.1 Å². The zero-order valence-electron chi connectivity index (χ0n) is 20.0. The van der Waals surface area contributed by atoms with Gasteiger partial charge in [0.15, 0.2) is 0 Å². The molecule has 170 valence electrons. The molecule has 36 heavy (non-hydrogen) atoms. The van der Waals surface area contributed by atoms with E-state index < -0.39 is 0 Å². The van der Waals surface area contributed by atoms with Crippen LogP contribution in [0.4, 0.5) is 0 Å². The quantitative estimate of drug-likeness (QED) is 0.245.